The van der Waals surface area contributed by atoms with Crippen LogP contribution in [0.25, 0.3) is 0 Å². The molecule has 184 valence electrons. The molecule has 7 nitrogen and oxygen atoms in total. The number of amides is 1. The van der Waals surface area contributed by atoms with E-state index in [0.717, 1.165) is 43.4 Å². The van der Waals surface area contributed by atoms with Crippen LogP contribution in [0.3, 0.4) is 0 Å². The van der Waals surface area contributed by atoms with E-state index in [4.69, 9.17) is 9.47 Å². The summed E-state index contributed by atoms with van der Waals surface area (Å²) in [5, 5.41) is 3.21. The summed E-state index contributed by atoms with van der Waals surface area (Å²) >= 11 is 0. The maximum absolute atomic E-state index is 12.9. The van der Waals surface area contributed by atoms with Gasteiger partial charge in [0.05, 0.1) is 25.1 Å². The van der Waals surface area contributed by atoms with Crippen LogP contribution < -0.4 is 19.1 Å². The first kappa shape index (κ1) is 24.4. The van der Waals surface area contributed by atoms with Gasteiger partial charge in [-0.1, -0.05) is 24.6 Å². The molecule has 1 aliphatic heterocycles. The molecule has 0 radical (unpaired) electrons. The van der Waals surface area contributed by atoms with Crippen LogP contribution in [0.1, 0.15) is 63.0 Å². The third kappa shape index (κ3) is 5.66. The molecule has 1 amide bonds. The summed E-state index contributed by atoms with van der Waals surface area (Å²) in [6.45, 7) is 0.229. The Morgan fingerprint density at radius 2 is 1.82 bits per heavy atom. The molecule has 8 heteroatoms. The highest BCUT2D eigenvalue weighted by Crippen LogP contribution is 2.46. The quantitative estimate of drug-likeness (QED) is 0.590. The van der Waals surface area contributed by atoms with Crippen LogP contribution in [0.4, 0.5) is 5.69 Å². The zero-order valence-corrected chi connectivity index (χ0v) is 20.8. The van der Waals surface area contributed by atoms with Crippen molar-refractivity contribution < 1.29 is 22.7 Å². The van der Waals surface area contributed by atoms with E-state index in [1.54, 1.807) is 31.4 Å². The number of methoxy groups -OCH3 is 1. The van der Waals surface area contributed by atoms with Crippen LogP contribution in [0, 0.1) is 0 Å². The van der Waals surface area contributed by atoms with E-state index < -0.39 is 10.0 Å². The molecule has 1 spiro atoms. The van der Waals surface area contributed by atoms with Gasteiger partial charge in [0, 0.05) is 24.9 Å². The van der Waals surface area contributed by atoms with Gasteiger partial charge in [0.25, 0.3) is 0 Å². The van der Waals surface area contributed by atoms with E-state index in [1.165, 1.54) is 17.0 Å². The second-order valence-electron chi connectivity index (χ2n) is 9.34. The molecule has 2 aromatic carbocycles. The number of anilines is 1. The molecule has 1 saturated carbocycles. The van der Waals surface area contributed by atoms with Crippen LogP contribution >= 0.6 is 0 Å². The van der Waals surface area contributed by atoms with Crippen molar-refractivity contribution in [3.05, 3.63) is 54.1 Å². The van der Waals surface area contributed by atoms with Crippen molar-refractivity contribution >= 4 is 21.6 Å². The summed E-state index contributed by atoms with van der Waals surface area (Å²) in [4.78, 5) is 12.9. The predicted octanol–water partition coefficient (Wildman–Crippen LogP) is 4.58. The molecular formula is C26H34N2O5S. The number of rotatable bonds is 8. The highest BCUT2D eigenvalue weighted by atomic mass is 32.2. The zero-order chi connectivity index (χ0) is 24.2. The second-order valence-corrected chi connectivity index (χ2v) is 11.3. The molecule has 0 bridgehead atoms. The molecule has 4 rings (SSSR count). The molecule has 0 aromatic heterocycles. The lowest BCUT2D eigenvalue weighted by Crippen LogP contribution is -2.46. The fraction of sp³-hybridized carbons (Fsp3) is 0.500. The third-order valence-electron chi connectivity index (χ3n) is 6.82. The van der Waals surface area contributed by atoms with Gasteiger partial charge in [0.1, 0.15) is 17.1 Å². The summed E-state index contributed by atoms with van der Waals surface area (Å²) < 4.78 is 37.7. The van der Waals surface area contributed by atoms with Gasteiger partial charge >= 0.3 is 0 Å². The first-order valence-corrected chi connectivity index (χ1v) is 13.8. The number of carbonyl (C=O) groups is 1. The van der Waals surface area contributed by atoms with Crippen molar-refractivity contribution in [2.75, 3.05) is 24.2 Å². The van der Waals surface area contributed by atoms with Gasteiger partial charge in [0.15, 0.2) is 0 Å². The lowest BCUT2D eigenvalue weighted by atomic mass is 9.77. The molecule has 1 atom stereocenters. The fourth-order valence-electron chi connectivity index (χ4n) is 5.13. The van der Waals surface area contributed by atoms with Crippen LogP contribution in [0.15, 0.2) is 48.5 Å². The van der Waals surface area contributed by atoms with Crippen LogP contribution in [-0.4, -0.2) is 39.8 Å². The van der Waals surface area contributed by atoms with Gasteiger partial charge in [-0.05, 0) is 62.4 Å². The van der Waals surface area contributed by atoms with Crippen molar-refractivity contribution in [1.82, 2.24) is 5.32 Å². The predicted molar refractivity (Wildman–Crippen MR) is 133 cm³/mol. The standard InChI is InChI=1S/C26H34N2O5S/c1-32-21-14-12-20(13-15-21)28(34(2,30)31)18-8-11-25(29)27-23-19-26(16-6-3-7-17-26)33-24-10-5-4-9-22(23)24/h4-5,9-10,12-15,23H,3,6-8,11,16-19H2,1-2H3,(H,27,29)/t23-/m1/s1. The Kier molecular flexibility index (Phi) is 7.36. The summed E-state index contributed by atoms with van der Waals surface area (Å²) in [7, 11) is -1.91. The molecule has 0 unspecified atom stereocenters. The highest BCUT2D eigenvalue weighted by molar-refractivity contribution is 7.92. The monoisotopic (exact) mass is 486 g/mol. The largest absolute Gasteiger partial charge is 0.497 e. The Morgan fingerprint density at radius 3 is 2.50 bits per heavy atom. The number of carbonyl (C=O) groups excluding carboxylic acids is 1. The molecule has 34 heavy (non-hydrogen) atoms. The zero-order valence-electron chi connectivity index (χ0n) is 20.0. The molecule has 1 heterocycles. The van der Waals surface area contributed by atoms with E-state index in [2.05, 4.69) is 5.32 Å². The number of hydrogen-bond acceptors (Lipinski definition) is 5. The Hall–Kier alpha value is -2.74. The van der Waals surface area contributed by atoms with E-state index in [9.17, 15) is 13.2 Å². The maximum atomic E-state index is 12.9. The maximum Gasteiger partial charge on any atom is 0.232 e. The van der Waals surface area contributed by atoms with Crippen molar-refractivity contribution in [3.8, 4) is 11.5 Å². The van der Waals surface area contributed by atoms with E-state index >= 15 is 0 Å². The van der Waals surface area contributed by atoms with E-state index in [1.807, 2.05) is 24.3 Å². The molecule has 1 fully saturated rings. The number of ether oxygens (including phenoxy) is 2. The lowest BCUT2D eigenvalue weighted by Gasteiger charge is -2.44. The topological polar surface area (TPSA) is 84.9 Å². The summed E-state index contributed by atoms with van der Waals surface area (Å²) in [5.41, 5.74) is 1.37. The average molecular weight is 487 g/mol. The number of benzene rings is 2. The van der Waals surface area contributed by atoms with Crippen molar-refractivity contribution in [2.24, 2.45) is 0 Å². The Labute approximate surface area is 202 Å². The average Bonchev–Trinajstić information content (AvgIpc) is 2.81. The molecule has 1 aliphatic carbocycles. The highest BCUT2D eigenvalue weighted by Gasteiger charge is 2.42. The minimum absolute atomic E-state index is 0.0733. The van der Waals surface area contributed by atoms with Gasteiger partial charge in [-0.25, -0.2) is 8.42 Å². The Bertz CT molecular complexity index is 1090. The second kappa shape index (κ2) is 10.3. The first-order valence-electron chi connectivity index (χ1n) is 12.0. The Morgan fingerprint density at radius 1 is 1.12 bits per heavy atom. The molecule has 0 saturated heterocycles. The fourth-order valence-corrected chi connectivity index (χ4v) is 6.10. The summed E-state index contributed by atoms with van der Waals surface area (Å²) in [5.74, 6) is 1.45. The van der Waals surface area contributed by atoms with Gasteiger partial charge in [-0.3, -0.25) is 9.10 Å². The molecule has 1 N–H and O–H groups in total. The summed E-state index contributed by atoms with van der Waals surface area (Å²) in [6, 6.07) is 14.7. The number of nitrogens with one attached hydrogen (secondary N) is 1. The van der Waals surface area contributed by atoms with Crippen molar-refractivity contribution in [2.45, 2.75) is 63.0 Å². The lowest BCUT2D eigenvalue weighted by molar-refractivity contribution is -0.122. The number of nitrogens with zero attached hydrogens (tertiary/aromatic N) is 1. The van der Waals surface area contributed by atoms with Crippen LogP contribution in [0.2, 0.25) is 0 Å². The summed E-state index contributed by atoms with van der Waals surface area (Å²) in [6.07, 6.45) is 8.17. The van der Waals surface area contributed by atoms with Gasteiger partial charge < -0.3 is 14.8 Å². The van der Waals surface area contributed by atoms with Crippen molar-refractivity contribution in [1.29, 1.82) is 0 Å². The number of sulfonamides is 1. The van der Waals surface area contributed by atoms with Gasteiger partial charge in [0.2, 0.25) is 15.9 Å². The van der Waals surface area contributed by atoms with Crippen molar-refractivity contribution in [3.63, 3.8) is 0 Å². The van der Waals surface area contributed by atoms with E-state index in [-0.39, 0.29) is 30.5 Å². The molecule has 2 aromatic rings. The number of hydrogen-bond donors (Lipinski definition) is 1. The van der Waals surface area contributed by atoms with Gasteiger partial charge in [-0.15, -0.1) is 0 Å². The number of fused-ring (bicyclic) bond motifs is 1. The minimum atomic E-state index is -3.48. The molecular weight excluding hydrogens is 452 g/mol. The van der Waals surface area contributed by atoms with Gasteiger partial charge in [-0.2, -0.15) is 0 Å². The smallest absolute Gasteiger partial charge is 0.232 e. The number of para-hydroxylation sites is 1. The van der Waals surface area contributed by atoms with Crippen LogP contribution in [-0.2, 0) is 14.8 Å². The minimum Gasteiger partial charge on any atom is -0.497 e. The third-order valence-corrected chi connectivity index (χ3v) is 8.02. The SMILES string of the molecule is COc1ccc(N(CCCC(=O)N[C@@H]2CC3(CCCCC3)Oc3ccccc32)S(C)(=O)=O)cc1. The van der Waals surface area contributed by atoms with E-state index in [0.29, 0.717) is 17.9 Å². The molecule has 2 aliphatic rings. The Balaban J connectivity index is 1.39. The first-order chi connectivity index (χ1) is 16.3. The van der Waals surface area contributed by atoms with Crippen LogP contribution in [0.5, 0.6) is 11.5 Å². The normalized spacial score (nSPS) is 19.1.